The van der Waals surface area contributed by atoms with E-state index in [9.17, 15) is 10.1 Å². The summed E-state index contributed by atoms with van der Waals surface area (Å²) in [6, 6.07) is 6.56. The van der Waals surface area contributed by atoms with Crippen molar-refractivity contribution in [3.63, 3.8) is 0 Å². The number of hydrogen-bond donors (Lipinski definition) is 1. The van der Waals surface area contributed by atoms with Crippen molar-refractivity contribution in [1.82, 2.24) is 9.97 Å². The predicted octanol–water partition coefficient (Wildman–Crippen LogP) is 3.26. The van der Waals surface area contributed by atoms with Gasteiger partial charge in [0.05, 0.1) is 11.0 Å². The molecule has 104 valence electrons. The van der Waals surface area contributed by atoms with Crippen molar-refractivity contribution in [3.05, 3.63) is 57.9 Å². The molecule has 6 heteroatoms. The average Bonchev–Trinajstić information content (AvgIpc) is 2.46. The Morgan fingerprint density at radius 2 is 2.05 bits per heavy atom. The predicted molar refractivity (Wildman–Crippen MR) is 76.5 cm³/mol. The van der Waals surface area contributed by atoms with Gasteiger partial charge in [-0.1, -0.05) is 19.1 Å². The maximum absolute atomic E-state index is 10.8. The summed E-state index contributed by atoms with van der Waals surface area (Å²) in [4.78, 5) is 18.8. The molecule has 0 fully saturated rings. The first-order valence-corrected chi connectivity index (χ1v) is 6.39. The molecule has 1 heterocycles. The molecule has 1 aromatic heterocycles. The van der Waals surface area contributed by atoms with Gasteiger partial charge < -0.3 is 5.32 Å². The van der Waals surface area contributed by atoms with E-state index in [0.717, 1.165) is 17.5 Å². The highest BCUT2D eigenvalue weighted by molar-refractivity contribution is 5.39. The number of non-ortho nitro benzene ring substituents is 1. The van der Waals surface area contributed by atoms with Gasteiger partial charge in [0.25, 0.3) is 5.69 Å². The monoisotopic (exact) mass is 272 g/mol. The van der Waals surface area contributed by atoms with Crippen molar-refractivity contribution in [2.45, 2.75) is 26.3 Å². The van der Waals surface area contributed by atoms with Crippen molar-refractivity contribution >= 4 is 11.6 Å². The first-order valence-electron chi connectivity index (χ1n) is 6.39. The van der Waals surface area contributed by atoms with Gasteiger partial charge in [-0.25, -0.2) is 9.97 Å². The van der Waals surface area contributed by atoms with E-state index in [-0.39, 0.29) is 11.7 Å². The van der Waals surface area contributed by atoms with Crippen LogP contribution in [0.5, 0.6) is 0 Å². The zero-order valence-corrected chi connectivity index (χ0v) is 11.4. The van der Waals surface area contributed by atoms with Crippen LogP contribution in [0.25, 0.3) is 0 Å². The summed E-state index contributed by atoms with van der Waals surface area (Å²) in [5.41, 5.74) is 1.93. The molecule has 20 heavy (non-hydrogen) atoms. The number of nitro groups is 1. The van der Waals surface area contributed by atoms with Crippen LogP contribution in [-0.2, 0) is 0 Å². The highest BCUT2D eigenvalue weighted by Crippen LogP contribution is 2.24. The zero-order valence-electron chi connectivity index (χ0n) is 11.4. The van der Waals surface area contributed by atoms with Gasteiger partial charge in [-0.3, -0.25) is 10.1 Å². The largest absolute Gasteiger partial charge is 0.347 e. The van der Waals surface area contributed by atoms with Crippen molar-refractivity contribution in [2.75, 3.05) is 5.32 Å². The number of benzene rings is 1. The molecule has 0 amide bonds. The molecule has 6 nitrogen and oxygen atoms in total. The molecular formula is C14H16N4O2. The molecule has 0 radical (unpaired) electrons. The highest BCUT2D eigenvalue weighted by atomic mass is 16.6. The van der Waals surface area contributed by atoms with Crippen LogP contribution in [0.15, 0.2) is 36.7 Å². The lowest BCUT2D eigenvalue weighted by Gasteiger charge is -2.17. The molecule has 1 N–H and O–H groups in total. The first kappa shape index (κ1) is 13.9. The maximum Gasteiger partial charge on any atom is 0.269 e. The normalized spacial score (nSPS) is 11.9. The molecule has 0 saturated heterocycles. The third-order valence-electron chi connectivity index (χ3n) is 2.98. The lowest BCUT2D eigenvalue weighted by Crippen LogP contribution is -2.12. The van der Waals surface area contributed by atoms with Crippen LogP contribution in [0.3, 0.4) is 0 Å². The molecule has 0 spiro atoms. The number of anilines is 1. The molecule has 2 rings (SSSR count). The fourth-order valence-electron chi connectivity index (χ4n) is 1.90. The SMILES string of the molecule is CCC(Nc1ncc(C)cn1)c1cccc([N+](=O)[O-])c1. The van der Waals surface area contributed by atoms with Crippen LogP contribution in [-0.4, -0.2) is 14.9 Å². The lowest BCUT2D eigenvalue weighted by molar-refractivity contribution is -0.384. The summed E-state index contributed by atoms with van der Waals surface area (Å²) in [5, 5.41) is 14.0. The van der Waals surface area contributed by atoms with Gasteiger partial charge in [0.2, 0.25) is 5.95 Å². The molecule has 1 atom stereocenters. The Morgan fingerprint density at radius 1 is 1.35 bits per heavy atom. The molecule has 2 aromatic rings. The summed E-state index contributed by atoms with van der Waals surface area (Å²) in [6.07, 6.45) is 4.24. The van der Waals surface area contributed by atoms with E-state index in [4.69, 9.17) is 0 Å². The van der Waals surface area contributed by atoms with Gasteiger partial charge in [-0.15, -0.1) is 0 Å². The van der Waals surface area contributed by atoms with Gasteiger partial charge in [0.15, 0.2) is 0 Å². The van der Waals surface area contributed by atoms with Crippen LogP contribution in [0, 0.1) is 17.0 Å². The van der Waals surface area contributed by atoms with Crippen molar-refractivity contribution in [1.29, 1.82) is 0 Å². The van der Waals surface area contributed by atoms with E-state index in [1.165, 1.54) is 6.07 Å². The summed E-state index contributed by atoms with van der Waals surface area (Å²) in [7, 11) is 0. The summed E-state index contributed by atoms with van der Waals surface area (Å²) in [5.74, 6) is 0.522. The van der Waals surface area contributed by atoms with Gasteiger partial charge in [-0.05, 0) is 24.5 Å². The van der Waals surface area contributed by atoms with Gasteiger partial charge in [-0.2, -0.15) is 0 Å². The number of aromatic nitrogens is 2. The number of hydrogen-bond acceptors (Lipinski definition) is 5. The second-order valence-electron chi connectivity index (χ2n) is 4.54. The molecule has 0 aliphatic carbocycles. The average molecular weight is 272 g/mol. The molecule has 1 aromatic carbocycles. The first-order chi connectivity index (χ1) is 9.60. The summed E-state index contributed by atoms with van der Waals surface area (Å²) >= 11 is 0. The van der Waals surface area contributed by atoms with Crippen molar-refractivity contribution in [2.24, 2.45) is 0 Å². The molecular weight excluding hydrogens is 256 g/mol. The maximum atomic E-state index is 10.8. The Hall–Kier alpha value is -2.50. The third kappa shape index (κ3) is 3.28. The van der Waals surface area contributed by atoms with E-state index >= 15 is 0 Å². The minimum Gasteiger partial charge on any atom is -0.347 e. The highest BCUT2D eigenvalue weighted by Gasteiger charge is 2.14. The second-order valence-corrected chi connectivity index (χ2v) is 4.54. The Labute approximate surface area is 117 Å². The quantitative estimate of drug-likeness (QED) is 0.667. The van der Waals surface area contributed by atoms with E-state index in [1.54, 1.807) is 24.5 Å². The Bertz CT molecular complexity index is 598. The molecule has 0 aliphatic heterocycles. The third-order valence-corrected chi connectivity index (χ3v) is 2.98. The topological polar surface area (TPSA) is 81.0 Å². The smallest absolute Gasteiger partial charge is 0.269 e. The minimum atomic E-state index is -0.390. The van der Waals surface area contributed by atoms with E-state index in [2.05, 4.69) is 15.3 Å². The Balaban J connectivity index is 2.21. The van der Waals surface area contributed by atoms with Gasteiger partial charge in [0.1, 0.15) is 0 Å². The number of nitrogens with one attached hydrogen (secondary N) is 1. The molecule has 0 saturated carbocycles. The van der Waals surface area contributed by atoms with Crippen LogP contribution in [0.1, 0.15) is 30.5 Å². The molecule has 1 unspecified atom stereocenters. The van der Waals surface area contributed by atoms with Gasteiger partial charge in [0, 0.05) is 24.5 Å². The Kier molecular flexibility index (Phi) is 4.24. The summed E-state index contributed by atoms with van der Waals surface area (Å²) in [6.45, 7) is 3.92. The standard InChI is InChI=1S/C14H16N4O2/c1-3-13(17-14-15-8-10(2)9-16-14)11-5-4-6-12(7-11)18(19)20/h4-9,13H,3H2,1-2H3,(H,15,16,17). The second kappa shape index (κ2) is 6.10. The number of nitrogens with zero attached hydrogens (tertiary/aromatic N) is 3. The van der Waals surface area contributed by atoms with E-state index < -0.39 is 4.92 Å². The van der Waals surface area contributed by atoms with Gasteiger partial charge >= 0.3 is 0 Å². The molecule has 0 bridgehead atoms. The fourth-order valence-corrected chi connectivity index (χ4v) is 1.90. The van der Waals surface area contributed by atoms with Crippen LogP contribution in [0.2, 0.25) is 0 Å². The van der Waals surface area contributed by atoms with E-state index in [1.807, 2.05) is 19.9 Å². The number of aryl methyl sites for hydroxylation is 1. The fraction of sp³-hybridized carbons (Fsp3) is 0.286. The summed E-state index contributed by atoms with van der Waals surface area (Å²) < 4.78 is 0. The minimum absolute atomic E-state index is 0.0578. The van der Waals surface area contributed by atoms with Crippen LogP contribution in [0.4, 0.5) is 11.6 Å². The van der Waals surface area contributed by atoms with Crippen LogP contribution >= 0.6 is 0 Å². The number of rotatable bonds is 5. The van der Waals surface area contributed by atoms with Crippen molar-refractivity contribution < 1.29 is 4.92 Å². The Morgan fingerprint density at radius 3 is 2.65 bits per heavy atom. The molecule has 0 aliphatic rings. The number of nitro benzene ring substituents is 1. The zero-order chi connectivity index (χ0) is 14.5. The van der Waals surface area contributed by atoms with E-state index in [0.29, 0.717) is 5.95 Å². The van der Waals surface area contributed by atoms with Crippen molar-refractivity contribution in [3.8, 4) is 0 Å². The lowest BCUT2D eigenvalue weighted by atomic mass is 10.0. The van der Waals surface area contributed by atoms with Crippen LogP contribution < -0.4 is 5.32 Å².